The molecule has 4 rings (SSSR count). The highest BCUT2D eigenvalue weighted by molar-refractivity contribution is 8.01. The van der Waals surface area contributed by atoms with Gasteiger partial charge < -0.3 is 20.3 Å². The van der Waals surface area contributed by atoms with Gasteiger partial charge in [0.05, 0.1) is 12.2 Å². The van der Waals surface area contributed by atoms with Crippen LogP contribution in [-0.2, 0) is 11.3 Å². The van der Waals surface area contributed by atoms with E-state index in [9.17, 15) is 0 Å². The van der Waals surface area contributed by atoms with E-state index in [1.807, 2.05) is 25.0 Å². The second kappa shape index (κ2) is 9.92. The number of ether oxygens (including phenoxy) is 1. The number of thioether (sulfide) groups is 1. The highest BCUT2D eigenvalue weighted by Gasteiger charge is 2.43. The number of nitrogens with zero attached hydrogens (tertiary/aromatic N) is 3. The zero-order valence-electron chi connectivity index (χ0n) is 18.7. The van der Waals surface area contributed by atoms with Crippen LogP contribution in [0, 0.1) is 0 Å². The molecule has 2 aliphatic rings. The van der Waals surface area contributed by atoms with Gasteiger partial charge in [0, 0.05) is 49.1 Å². The maximum absolute atomic E-state index is 5.82. The third-order valence-electron chi connectivity index (χ3n) is 5.70. The summed E-state index contributed by atoms with van der Waals surface area (Å²) >= 11 is 1.97. The van der Waals surface area contributed by atoms with Crippen LogP contribution < -0.4 is 15.5 Å². The zero-order valence-corrected chi connectivity index (χ0v) is 19.5. The maximum atomic E-state index is 5.82. The summed E-state index contributed by atoms with van der Waals surface area (Å²) in [5.74, 6) is 1.85. The number of aromatic nitrogens is 1. The molecule has 2 unspecified atom stereocenters. The van der Waals surface area contributed by atoms with Crippen molar-refractivity contribution in [2.45, 2.75) is 55.1 Å². The molecule has 7 heteroatoms. The Hall–Kier alpha value is -2.25. The molecule has 166 valence electrons. The van der Waals surface area contributed by atoms with Crippen molar-refractivity contribution in [3.8, 4) is 0 Å². The number of hydrogen-bond acceptors (Lipinski definition) is 5. The lowest BCUT2D eigenvalue weighted by Gasteiger charge is -2.36. The fourth-order valence-electron chi connectivity index (χ4n) is 3.92. The molecule has 2 aromatic rings. The van der Waals surface area contributed by atoms with Gasteiger partial charge in [-0.1, -0.05) is 24.3 Å². The largest absolute Gasteiger partial charge is 0.372 e. The van der Waals surface area contributed by atoms with E-state index in [1.54, 1.807) is 0 Å². The third kappa shape index (κ3) is 6.14. The van der Waals surface area contributed by atoms with Crippen molar-refractivity contribution in [2.75, 3.05) is 31.6 Å². The third-order valence-corrected chi connectivity index (χ3v) is 7.19. The summed E-state index contributed by atoms with van der Waals surface area (Å²) in [6.07, 6.45) is 4.89. The monoisotopic (exact) mass is 439 g/mol. The Morgan fingerprint density at radius 3 is 2.48 bits per heavy atom. The highest BCUT2D eigenvalue weighted by Crippen LogP contribution is 2.51. The van der Waals surface area contributed by atoms with Crippen LogP contribution in [0.1, 0.15) is 32.3 Å². The smallest absolute Gasteiger partial charge is 0.191 e. The van der Waals surface area contributed by atoms with Crippen LogP contribution in [0.15, 0.2) is 58.5 Å². The van der Waals surface area contributed by atoms with Crippen LogP contribution >= 0.6 is 11.8 Å². The van der Waals surface area contributed by atoms with Crippen molar-refractivity contribution >= 4 is 23.5 Å². The van der Waals surface area contributed by atoms with Crippen molar-refractivity contribution in [1.29, 1.82) is 0 Å². The molecule has 2 heterocycles. The van der Waals surface area contributed by atoms with Crippen molar-refractivity contribution in [1.82, 2.24) is 15.6 Å². The first-order valence-electron chi connectivity index (χ1n) is 11.1. The number of anilines is 1. The lowest BCUT2D eigenvalue weighted by molar-refractivity contribution is -0.00545. The SMILES string of the molecule is CN=C(NCc1ccc(N2CC(C)OC(C)C2)nc1)NCC1(Sc2ccccc2)CC1. The Balaban J connectivity index is 1.25. The Labute approximate surface area is 189 Å². The zero-order chi connectivity index (χ0) is 21.7. The van der Waals surface area contributed by atoms with Gasteiger partial charge in [0.25, 0.3) is 0 Å². The van der Waals surface area contributed by atoms with Gasteiger partial charge in [0.1, 0.15) is 5.82 Å². The minimum atomic E-state index is 0.233. The topological polar surface area (TPSA) is 61.8 Å². The Morgan fingerprint density at radius 2 is 1.87 bits per heavy atom. The summed E-state index contributed by atoms with van der Waals surface area (Å²) < 4.78 is 6.11. The standard InChI is InChI=1S/C24H33N5OS/c1-18-15-29(16-19(2)30-18)22-10-9-20(13-26-22)14-27-23(25-3)28-17-24(11-12-24)31-21-7-5-4-6-8-21/h4-10,13,18-19H,11-12,14-17H2,1-3H3,(H2,25,27,28). The first-order chi connectivity index (χ1) is 15.0. The first kappa shape index (κ1) is 22.0. The summed E-state index contributed by atoms with van der Waals surface area (Å²) in [5.41, 5.74) is 1.14. The molecule has 1 aromatic heterocycles. The van der Waals surface area contributed by atoms with Crippen molar-refractivity contribution < 1.29 is 4.74 Å². The summed E-state index contributed by atoms with van der Waals surface area (Å²) in [4.78, 5) is 12.7. The summed E-state index contributed by atoms with van der Waals surface area (Å²) in [5, 5.41) is 6.93. The van der Waals surface area contributed by atoms with Crippen LogP contribution in [0.25, 0.3) is 0 Å². The molecular weight excluding hydrogens is 406 g/mol. The molecule has 1 saturated heterocycles. The number of guanidine groups is 1. The minimum absolute atomic E-state index is 0.233. The molecule has 6 nitrogen and oxygen atoms in total. The van der Waals surface area contributed by atoms with Crippen molar-refractivity contribution in [3.63, 3.8) is 0 Å². The Morgan fingerprint density at radius 1 is 1.13 bits per heavy atom. The molecule has 1 aromatic carbocycles. The lowest BCUT2D eigenvalue weighted by Crippen LogP contribution is -2.45. The average molecular weight is 440 g/mol. The van der Waals surface area contributed by atoms with Gasteiger partial charge in [-0.05, 0) is 50.5 Å². The van der Waals surface area contributed by atoms with E-state index < -0.39 is 0 Å². The van der Waals surface area contributed by atoms with Crippen LogP contribution in [0.2, 0.25) is 0 Å². The second-order valence-corrected chi connectivity index (χ2v) is 10.1. The lowest BCUT2D eigenvalue weighted by atomic mass is 10.2. The maximum Gasteiger partial charge on any atom is 0.191 e. The van der Waals surface area contributed by atoms with Gasteiger partial charge in [-0.3, -0.25) is 4.99 Å². The van der Waals surface area contributed by atoms with E-state index in [1.165, 1.54) is 17.7 Å². The van der Waals surface area contributed by atoms with Gasteiger partial charge >= 0.3 is 0 Å². The van der Waals surface area contributed by atoms with Crippen LogP contribution in [-0.4, -0.2) is 54.6 Å². The van der Waals surface area contributed by atoms with Crippen LogP contribution in [0.3, 0.4) is 0 Å². The number of rotatable bonds is 7. The van der Waals surface area contributed by atoms with Gasteiger partial charge in [-0.15, -0.1) is 11.8 Å². The molecule has 2 fully saturated rings. The molecule has 0 bridgehead atoms. The highest BCUT2D eigenvalue weighted by atomic mass is 32.2. The van der Waals surface area contributed by atoms with E-state index in [2.05, 4.69) is 81.8 Å². The predicted molar refractivity (Wildman–Crippen MR) is 129 cm³/mol. The normalized spacial score (nSPS) is 22.8. The molecular formula is C24H33N5OS. The molecule has 2 atom stereocenters. The average Bonchev–Trinajstić information content (AvgIpc) is 3.54. The van der Waals surface area contributed by atoms with E-state index in [4.69, 9.17) is 4.74 Å². The van der Waals surface area contributed by atoms with Crippen molar-refractivity contribution in [2.24, 2.45) is 4.99 Å². The minimum Gasteiger partial charge on any atom is -0.372 e. The first-order valence-corrected chi connectivity index (χ1v) is 11.9. The number of pyridine rings is 1. The quantitative estimate of drug-likeness (QED) is 0.507. The van der Waals surface area contributed by atoms with Crippen molar-refractivity contribution in [3.05, 3.63) is 54.2 Å². The van der Waals surface area contributed by atoms with Gasteiger partial charge in [0.15, 0.2) is 5.96 Å². The number of nitrogens with one attached hydrogen (secondary N) is 2. The van der Waals surface area contributed by atoms with Crippen LogP contribution in [0.4, 0.5) is 5.82 Å². The number of morpholine rings is 1. The summed E-state index contributed by atoms with van der Waals surface area (Å²) in [7, 11) is 1.82. The van der Waals surface area contributed by atoms with E-state index in [0.29, 0.717) is 6.54 Å². The Kier molecular flexibility index (Phi) is 7.02. The fourth-order valence-corrected chi connectivity index (χ4v) is 5.16. The van der Waals surface area contributed by atoms with E-state index in [0.717, 1.165) is 37.0 Å². The van der Waals surface area contributed by atoms with E-state index >= 15 is 0 Å². The molecule has 0 amide bonds. The molecule has 0 radical (unpaired) electrons. The molecule has 2 N–H and O–H groups in total. The van der Waals surface area contributed by atoms with Gasteiger partial charge in [-0.25, -0.2) is 4.98 Å². The molecule has 0 spiro atoms. The fraction of sp³-hybridized carbons (Fsp3) is 0.500. The predicted octanol–water partition coefficient (Wildman–Crippen LogP) is 3.69. The van der Waals surface area contributed by atoms with Gasteiger partial charge in [0.2, 0.25) is 0 Å². The van der Waals surface area contributed by atoms with E-state index in [-0.39, 0.29) is 17.0 Å². The number of aliphatic imine (C=N–C) groups is 1. The molecule has 31 heavy (non-hydrogen) atoms. The second-order valence-electron chi connectivity index (χ2n) is 8.56. The summed E-state index contributed by atoms with van der Waals surface area (Å²) in [6.45, 7) is 7.61. The number of benzene rings is 1. The molecule has 1 saturated carbocycles. The van der Waals surface area contributed by atoms with Gasteiger partial charge in [-0.2, -0.15) is 0 Å². The molecule has 1 aliphatic heterocycles. The van der Waals surface area contributed by atoms with Crippen LogP contribution in [0.5, 0.6) is 0 Å². The summed E-state index contributed by atoms with van der Waals surface area (Å²) in [6, 6.07) is 14.9. The Bertz CT molecular complexity index is 859. The molecule has 1 aliphatic carbocycles. The number of hydrogen-bond donors (Lipinski definition) is 2.